The fraction of sp³-hybridized carbons (Fsp3) is 0.278. The molecule has 1 amide bonds. The molecule has 0 atom stereocenters. The van der Waals surface area contributed by atoms with Gasteiger partial charge in [-0.15, -0.1) is 0 Å². The summed E-state index contributed by atoms with van der Waals surface area (Å²) in [4.78, 5) is 22.5. The maximum atomic E-state index is 12.2. The molecule has 0 radical (unpaired) electrons. The van der Waals surface area contributed by atoms with Crippen LogP contribution in [0.25, 0.3) is 11.1 Å². The number of nitrogens with one attached hydrogen (secondary N) is 1. The average molecular weight is 312 g/mol. The number of carbonyl (C=O) groups excluding carboxylic acids is 1. The van der Waals surface area contributed by atoms with Gasteiger partial charge in [-0.25, -0.2) is 0 Å². The van der Waals surface area contributed by atoms with E-state index < -0.39 is 10.3 Å². The van der Waals surface area contributed by atoms with E-state index in [1.807, 2.05) is 45.9 Å². The molecular weight excluding hydrogens is 292 g/mol. The third kappa shape index (κ3) is 3.94. The summed E-state index contributed by atoms with van der Waals surface area (Å²) < 4.78 is 0. The Morgan fingerprint density at radius 2 is 1.61 bits per heavy atom. The largest absolute Gasteiger partial charge is 0.325 e. The highest BCUT2D eigenvalue weighted by Crippen LogP contribution is 2.28. The summed E-state index contributed by atoms with van der Waals surface area (Å²) in [7, 11) is 0. The molecular formula is C18H20N2O3. The number of anilines is 1. The van der Waals surface area contributed by atoms with Crippen molar-refractivity contribution in [3.8, 4) is 11.1 Å². The lowest BCUT2D eigenvalue weighted by atomic mass is 9.95. The summed E-state index contributed by atoms with van der Waals surface area (Å²) in [6.07, 6.45) is 0. The van der Waals surface area contributed by atoms with Crippen molar-refractivity contribution in [1.29, 1.82) is 0 Å². The van der Waals surface area contributed by atoms with Crippen LogP contribution >= 0.6 is 0 Å². The van der Waals surface area contributed by atoms with Gasteiger partial charge in [0.25, 0.3) is 5.69 Å². The van der Waals surface area contributed by atoms with Crippen molar-refractivity contribution in [3.05, 3.63) is 58.1 Å². The third-order valence-corrected chi connectivity index (χ3v) is 3.58. The first kappa shape index (κ1) is 16.7. The van der Waals surface area contributed by atoms with Gasteiger partial charge in [0.15, 0.2) is 0 Å². The van der Waals surface area contributed by atoms with Gasteiger partial charge in [0, 0.05) is 23.2 Å². The van der Waals surface area contributed by atoms with Crippen molar-refractivity contribution in [2.75, 3.05) is 5.32 Å². The zero-order valence-electron chi connectivity index (χ0n) is 13.7. The van der Waals surface area contributed by atoms with Crippen molar-refractivity contribution in [2.45, 2.75) is 27.7 Å². The van der Waals surface area contributed by atoms with Crippen LogP contribution in [0.3, 0.4) is 0 Å². The molecule has 2 aromatic carbocycles. The van der Waals surface area contributed by atoms with Gasteiger partial charge in [0.2, 0.25) is 5.91 Å². The molecule has 0 saturated heterocycles. The zero-order valence-corrected chi connectivity index (χ0v) is 13.7. The van der Waals surface area contributed by atoms with E-state index in [0.717, 1.165) is 22.4 Å². The van der Waals surface area contributed by atoms with Crippen LogP contribution in [0.4, 0.5) is 11.4 Å². The number of hydrogen-bond donors (Lipinski definition) is 1. The highest BCUT2D eigenvalue weighted by atomic mass is 16.6. The summed E-state index contributed by atoms with van der Waals surface area (Å²) >= 11 is 0. The van der Waals surface area contributed by atoms with Crippen molar-refractivity contribution in [1.82, 2.24) is 0 Å². The molecule has 0 aliphatic rings. The summed E-state index contributed by atoms with van der Waals surface area (Å²) in [5.41, 5.74) is 3.06. The molecule has 5 heteroatoms. The maximum Gasteiger partial charge on any atom is 0.269 e. The van der Waals surface area contributed by atoms with Crippen molar-refractivity contribution < 1.29 is 9.72 Å². The molecule has 0 aromatic heterocycles. The lowest BCUT2D eigenvalue weighted by Crippen LogP contribution is -2.27. The molecule has 0 bridgehead atoms. The number of nitrogens with zero attached hydrogens (tertiary/aromatic N) is 1. The van der Waals surface area contributed by atoms with E-state index in [-0.39, 0.29) is 11.6 Å². The fourth-order valence-corrected chi connectivity index (χ4v) is 2.02. The molecule has 5 nitrogen and oxygen atoms in total. The van der Waals surface area contributed by atoms with Crippen LogP contribution in [0.5, 0.6) is 0 Å². The minimum Gasteiger partial charge on any atom is -0.325 e. The van der Waals surface area contributed by atoms with E-state index >= 15 is 0 Å². The van der Waals surface area contributed by atoms with Crippen LogP contribution in [-0.2, 0) is 4.79 Å². The predicted octanol–water partition coefficient (Wildman–Crippen LogP) is 4.55. The smallest absolute Gasteiger partial charge is 0.269 e. The number of amides is 1. The summed E-state index contributed by atoms with van der Waals surface area (Å²) in [6, 6.07) is 12.1. The second-order valence-electron chi connectivity index (χ2n) is 6.54. The number of non-ortho nitro benzene ring substituents is 1. The predicted molar refractivity (Wildman–Crippen MR) is 91.4 cm³/mol. The average Bonchev–Trinajstić information content (AvgIpc) is 2.48. The van der Waals surface area contributed by atoms with E-state index in [4.69, 9.17) is 0 Å². The Balaban J connectivity index is 2.33. The number of nitro groups is 1. The van der Waals surface area contributed by atoms with Gasteiger partial charge in [-0.3, -0.25) is 14.9 Å². The normalized spacial score (nSPS) is 11.1. The molecule has 0 heterocycles. The number of rotatable bonds is 3. The van der Waals surface area contributed by atoms with Crippen LogP contribution in [0, 0.1) is 22.5 Å². The number of carbonyl (C=O) groups is 1. The lowest BCUT2D eigenvalue weighted by molar-refractivity contribution is -0.384. The van der Waals surface area contributed by atoms with Gasteiger partial charge < -0.3 is 5.32 Å². The summed E-state index contributed by atoms with van der Waals surface area (Å²) in [5.74, 6) is -0.0542. The Labute approximate surface area is 135 Å². The second-order valence-corrected chi connectivity index (χ2v) is 6.54. The van der Waals surface area contributed by atoms with Gasteiger partial charge in [0.05, 0.1) is 4.92 Å². The van der Waals surface area contributed by atoms with Gasteiger partial charge in [-0.2, -0.15) is 0 Å². The zero-order chi connectivity index (χ0) is 17.2. The third-order valence-electron chi connectivity index (χ3n) is 3.58. The van der Waals surface area contributed by atoms with E-state index in [2.05, 4.69) is 5.32 Å². The molecule has 0 saturated carbocycles. The number of aryl methyl sites for hydroxylation is 1. The van der Waals surface area contributed by atoms with Crippen LogP contribution in [0.15, 0.2) is 42.5 Å². The first-order valence-corrected chi connectivity index (χ1v) is 7.35. The Bertz CT molecular complexity index is 744. The number of hydrogen-bond acceptors (Lipinski definition) is 3. The van der Waals surface area contributed by atoms with Gasteiger partial charge >= 0.3 is 0 Å². The maximum absolute atomic E-state index is 12.2. The van der Waals surface area contributed by atoms with E-state index in [9.17, 15) is 14.9 Å². The highest BCUT2D eigenvalue weighted by Gasteiger charge is 2.21. The van der Waals surface area contributed by atoms with Gasteiger partial charge in [-0.05, 0) is 41.8 Å². The van der Waals surface area contributed by atoms with Crippen LogP contribution < -0.4 is 5.32 Å². The van der Waals surface area contributed by atoms with Crippen LogP contribution in [-0.4, -0.2) is 10.8 Å². The minimum absolute atomic E-state index is 0.0542. The topological polar surface area (TPSA) is 72.2 Å². The molecule has 0 aliphatic carbocycles. The van der Waals surface area contributed by atoms with Crippen molar-refractivity contribution in [2.24, 2.45) is 5.41 Å². The summed E-state index contributed by atoms with van der Waals surface area (Å²) in [5, 5.41) is 13.7. The molecule has 0 aliphatic heterocycles. The van der Waals surface area contributed by atoms with E-state index in [0.29, 0.717) is 0 Å². The SMILES string of the molecule is Cc1ccc(-c2ccc([N+](=O)[O-])cc2)cc1NC(=O)C(C)(C)C. The molecule has 2 rings (SSSR count). The Hall–Kier alpha value is -2.69. The van der Waals surface area contributed by atoms with E-state index in [1.54, 1.807) is 12.1 Å². The Kier molecular flexibility index (Phi) is 4.50. The molecule has 0 fully saturated rings. The Morgan fingerprint density at radius 3 is 2.13 bits per heavy atom. The Morgan fingerprint density at radius 1 is 1.04 bits per heavy atom. The molecule has 0 spiro atoms. The second kappa shape index (κ2) is 6.20. The van der Waals surface area contributed by atoms with Gasteiger partial charge in [-0.1, -0.05) is 32.9 Å². The van der Waals surface area contributed by atoms with Gasteiger partial charge in [0.1, 0.15) is 0 Å². The molecule has 2 aromatic rings. The first-order chi connectivity index (χ1) is 10.7. The molecule has 1 N–H and O–H groups in total. The monoisotopic (exact) mass is 312 g/mol. The van der Waals surface area contributed by atoms with E-state index in [1.165, 1.54) is 12.1 Å². The summed E-state index contributed by atoms with van der Waals surface area (Å²) in [6.45, 7) is 7.51. The molecule has 23 heavy (non-hydrogen) atoms. The van der Waals surface area contributed by atoms with Crippen LogP contribution in [0.2, 0.25) is 0 Å². The van der Waals surface area contributed by atoms with Crippen LogP contribution in [0.1, 0.15) is 26.3 Å². The number of nitro benzene ring substituents is 1. The quantitative estimate of drug-likeness (QED) is 0.667. The van der Waals surface area contributed by atoms with Crippen molar-refractivity contribution >= 4 is 17.3 Å². The van der Waals surface area contributed by atoms with Crippen molar-refractivity contribution in [3.63, 3.8) is 0 Å². The lowest BCUT2D eigenvalue weighted by Gasteiger charge is -2.19. The standard InChI is InChI=1S/C18H20N2O3/c1-12-5-6-14(11-16(12)19-17(21)18(2,3)4)13-7-9-15(10-8-13)20(22)23/h5-11H,1-4H3,(H,19,21). The molecule has 0 unspecified atom stereocenters. The highest BCUT2D eigenvalue weighted by molar-refractivity contribution is 5.95. The number of benzene rings is 2. The minimum atomic E-state index is -0.476. The molecule has 120 valence electrons. The fourth-order valence-electron chi connectivity index (χ4n) is 2.02. The first-order valence-electron chi connectivity index (χ1n) is 7.35.